The molecular formula is C8H10N2O3S. The standard InChI is InChI=1S/C8H10N2O3S/c1-13-6-2-3-8-7(4-6)9-5-10-14(8,11)12/h2-4,9-10H,5H2,1H3. The summed E-state index contributed by atoms with van der Waals surface area (Å²) in [4.78, 5) is 0.254. The zero-order chi connectivity index (χ0) is 10.2. The van der Waals surface area contributed by atoms with Crippen LogP contribution in [-0.4, -0.2) is 22.2 Å². The first-order valence-electron chi connectivity index (χ1n) is 4.05. The van der Waals surface area contributed by atoms with Crippen molar-refractivity contribution in [2.24, 2.45) is 0 Å². The van der Waals surface area contributed by atoms with Gasteiger partial charge in [0.25, 0.3) is 0 Å². The molecule has 76 valence electrons. The zero-order valence-electron chi connectivity index (χ0n) is 7.57. The number of anilines is 1. The van der Waals surface area contributed by atoms with Crippen molar-refractivity contribution < 1.29 is 13.2 Å². The molecule has 0 fully saturated rings. The van der Waals surface area contributed by atoms with Gasteiger partial charge in [0.1, 0.15) is 10.6 Å². The quantitative estimate of drug-likeness (QED) is 0.708. The van der Waals surface area contributed by atoms with Crippen LogP contribution in [0.1, 0.15) is 0 Å². The van der Waals surface area contributed by atoms with Crippen molar-refractivity contribution in [3.05, 3.63) is 18.2 Å². The topological polar surface area (TPSA) is 67.4 Å². The molecule has 2 rings (SSSR count). The summed E-state index contributed by atoms with van der Waals surface area (Å²) in [5.41, 5.74) is 0.572. The summed E-state index contributed by atoms with van der Waals surface area (Å²) >= 11 is 0. The smallest absolute Gasteiger partial charge is 0.244 e. The maximum atomic E-state index is 11.5. The van der Waals surface area contributed by atoms with Crippen molar-refractivity contribution in [1.29, 1.82) is 0 Å². The Morgan fingerprint density at radius 2 is 2.21 bits per heavy atom. The normalized spacial score (nSPS) is 18.1. The fourth-order valence-electron chi connectivity index (χ4n) is 1.31. The van der Waals surface area contributed by atoms with E-state index in [1.165, 1.54) is 13.2 Å². The highest BCUT2D eigenvalue weighted by Gasteiger charge is 2.22. The highest BCUT2D eigenvalue weighted by Crippen LogP contribution is 2.27. The van der Waals surface area contributed by atoms with E-state index < -0.39 is 10.0 Å². The number of rotatable bonds is 1. The van der Waals surface area contributed by atoms with E-state index >= 15 is 0 Å². The lowest BCUT2D eigenvalue weighted by Crippen LogP contribution is -2.34. The Bertz CT molecular complexity index is 456. The molecule has 0 saturated carbocycles. The number of nitrogens with one attached hydrogen (secondary N) is 2. The molecule has 0 aliphatic carbocycles. The number of methoxy groups -OCH3 is 1. The molecule has 2 N–H and O–H groups in total. The van der Waals surface area contributed by atoms with Crippen LogP contribution in [0.4, 0.5) is 5.69 Å². The van der Waals surface area contributed by atoms with Gasteiger partial charge in [0, 0.05) is 6.07 Å². The van der Waals surface area contributed by atoms with Gasteiger partial charge >= 0.3 is 0 Å². The summed E-state index contributed by atoms with van der Waals surface area (Å²) < 4.78 is 30.3. The van der Waals surface area contributed by atoms with Gasteiger partial charge in [-0.1, -0.05) is 0 Å². The van der Waals surface area contributed by atoms with Gasteiger partial charge < -0.3 is 10.1 Å². The van der Waals surface area contributed by atoms with E-state index in [0.717, 1.165) is 0 Å². The Balaban J connectivity index is 2.58. The monoisotopic (exact) mass is 214 g/mol. The van der Waals surface area contributed by atoms with E-state index in [-0.39, 0.29) is 11.6 Å². The van der Waals surface area contributed by atoms with Crippen molar-refractivity contribution >= 4 is 15.7 Å². The van der Waals surface area contributed by atoms with E-state index in [4.69, 9.17) is 4.74 Å². The van der Waals surface area contributed by atoms with Gasteiger partial charge in [-0.3, -0.25) is 0 Å². The zero-order valence-corrected chi connectivity index (χ0v) is 8.39. The first kappa shape index (κ1) is 9.29. The van der Waals surface area contributed by atoms with Crippen LogP contribution in [0.2, 0.25) is 0 Å². The lowest BCUT2D eigenvalue weighted by Gasteiger charge is -2.19. The van der Waals surface area contributed by atoms with Gasteiger partial charge in [-0.15, -0.1) is 0 Å². The van der Waals surface area contributed by atoms with E-state index in [9.17, 15) is 8.42 Å². The van der Waals surface area contributed by atoms with Crippen molar-refractivity contribution in [3.63, 3.8) is 0 Å². The number of sulfonamides is 1. The molecule has 0 bridgehead atoms. The molecule has 0 atom stereocenters. The number of fused-ring (bicyclic) bond motifs is 1. The highest BCUT2D eigenvalue weighted by atomic mass is 32.2. The highest BCUT2D eigenvalue weighted by molar-refractivity contribution is 7.89. The molecule has 0 spiro atoms. The van der Waals surface area contributed by atoms with Crippen LogP contribution in [0.5, 0.6) is 5.75 Å². The third kappa shape index (κ3) is 1.42. The maximum absolute atomic E-state index is 11.5. The molecule has 14 heavy (non-hydrogen) atoms. The Morgan fingerprint density at radius 1 is 1.43 bits per heavy atom. The van der Waals surface area contributed by atoms with Crippen LogP contribution in [0.3, 0.4) is 0 Å². The van der Waals surface area contributed by atoms with Gasteiger partial charge in [-0.25, -0.2) is 8.42 Å². The van der Waals surface area contributed by atoms with Crippen LogP contribution in [0.25, 0.3) is 0 Å². The van der Waals surface area contributed by atoms with Gasteiger partial charge in [0.05, 0.1) is 19.5 Å². The second-order valence-electron chi connectivity index (χ2n) is 2.86. The molecule has 0 amide bonds. The van der Waals surface area contributed by atoms with Gasteiger partial charge in [-0.05, 0) is 12.1 Å². The summed E-state index contributed by atoms with van der Waals surface area (Å²) in [5.74, 6) is 0.633. The van der Waals surface area contributed by atoms with Crippen molar-refractivity contribution in [2.45, 2.75) is 4.90 Å². The van der Waals surface area contributed by atoms with Gasteiger partial charge in [0.2, 0.25) is 10.0 Å². The molecule has 0 saturated heterocycles. The van der Waals surface area contributed by atoms with Crippen LogP contribution >= 0.6 is 0 Å². The molecule has 0 radical (unpaired) electrons. The first-order chi connectivity index (χ1) is 6.63. The molecule has 6 heteroatoms. The SMILES string of the molecule is COc1ccc2c(c1)NCNS2(=O)=O. The number of hydrogen-bond donors (Lipinski definition) is 2. The van der Waals surface area contributed by atoms with Crippen LogP contribution < -0.4 is 14.8 Å². The number of ether oxygens (including phenoxy) is 1. The average Bonchev–Trinajstić information content (AvgIpc) is 2.16. The molecule has 5 nitrogen and oxygen atoms in total. The van der Waals surface area contributed by atoms with E-state index in [1.807, 2.05) is 0 Å². The van der Waals surface area contributed by atoms with Gasteiger partial charge in [0.15, 0.2) is 0 Å². The summed E-state index contributed by atoms with van der Waals surface area (Å²) in [7, 11) is -1.80. The Kier molecular flexibility index (Phi) is 2.09. The molecule has 1 aromatic rings. The Morgan fingerprint density at radius 3 is 2.93 bits per heavy atom. The predicted octanol–water partition coefficient (Wildman–Crippen LogP) is 0.356. The minimum atomic E-state index is -3.34. The molecule has 1 aliphatic rings. The lowest BCUT2D eigenvalue weighted by molar-refractivity contribution is 0.414. The predicted molar refractivity (Wildman–Crippen MR) is 51.8 cm³/mol. The molecule has 0 unspecified atom stereocenters. The fourth-order valence-corrected chi connectivity index (χ4v) is 2.40. The maximum Gasteiger partial charge on any atom is 0.244 e. The third-order valence-corrected chi connectivity index (χ3v) is 3.48. The molecular weight excluding hydrogens is 204 g/mol. The van der Waals surface area contributed by atoms with Crippen LogP contribution in [0, 0.1) is 0 Å². The minimum absolute atomic E-state index is 0.211. The Hall–Kier alpha value is -1.27. The summed E-state index contributed by atoms with van der Waals surface area (Å²) in [6, 6.07) is 4.79. The Labute approximate surface area is 82.1 Å². The van der Waals surface area contributed by atoms with Crippen molar-refractivity contribution in [1.82, 2.24) is 4.72 Å². The summed E-state index contributed by atoms with van der Waals surface area (Å²) in [6.45, 7) is 0.211. The minimum Gasteiger partial charge on any atom is -0.497 e. The van der Waals surface area contributed by atoms with Crippen LogP contribution in [-0.2, 0) is 10.0 Å². The van der Waals surface area contributed by atoms with Crippen LogP contribution in [0.15, 0.2) is 23.1 Å². The molecule has 1 heterocycles. The second kappa shape index (κ2) is 3.14. The average molecular weight is 214 g/mol. The van der Waals surface area contributed by atoms with Crippen molar-refractivity contribution in [2.75, 3.05) is 19.1 Å². The number of benzene rings is 1. The molecule has 0 aromatic heterocycles. The van der Waals surface area contributed by atoms with E-state index in [2.05, 4.69) is 10.0 Å². The van der Waals surface area contributed by atoms with Crippen molar-refractivity contribution in [3.8, 4) is 5.75 Å². The fraction of sp³-hybridized carbons (Fsp3) is 0.250. The van der Waals surface area contributed by atoms with Gasteiger partial charge in [-0.2, -0.15) is 4.72 Å². The molecule has 1 aliphatic heterocycles. The molecule has 1 aromatic carbocycles. The third-order valence-electron chi connectivity index (χ3n) is 2.02. The number of hydrogen-bond acceptors (Lipinski definition) is 4. The summed E-state index contributed by atoms with van der Waals surface area (Å²) in [6.07, 6.45) is 0. The summed E-state index contributed by atoms with van der Waals surface area (Å²) in [5, 5.41) is 2.92. The van der Waals surface area contributed by atoms with E-state index in [0.29, 0.717) is 11.4 Å². The first-order valence-corrected chi connectivity index (χ1v) is 5.53. The second-order valence-corrected chi connectivity index (χ2v) is 4.60. The van der Waals surface area contributed by atoms with E-state index in [1.54, 1.807) is 12.1 Å². The largest absolute Gasteiger partial charge is 0.497 e. The lowest BCUT2D eigenvalue weighted by atomic mass is 10.3.